The van der Waals surface area contributed by atoms with Crippen LogP contribution in [0.25, 0.3) is 0 Å². The van der Waals surface area contributed by atoms with Gasteiger partial charge in [-0.05, 0) is 19.3 Å². The van der Waals surface area contributed by atoms with E-state index in [4.69, 9.17) is 14.6 Å². The zero-order valence-electron chi connectivity index (χ0n) is 10.2. The SMILES string of the molecule is COCC(NC(=O)CC1(OC)CCC1)C(=O)O. The molecule has 98 valence electrons. The highest BCUT2D eigenvalue weighted by Crippen LogP contribution is 2.37. The zero-order valence-corrected chi connectivity index (χ0v) is 10.2. The summed E-state index contributed by atoms with van der Waals surface area (Å²) in [4.78, 5) is 22.5. The summed E-state index contributed by atoms with van der Waals surface area (Å²) in [6.45, 7) is -0.0406. The van der Waals surface area contributed by atoms with Gasteiger partial charge in [0.05, 0.1) is 18.6 Å². The third-order valence-corrected chi connectivity index (χ3v) is 3.15. The van der Waals surface area contributed by atoms with Gasteiger partial charge in [0.15, 0.2) is 6.04 Å². The monoisotopic (exact) mass is 245 g/mol. The zero-order chi connectivity index (χ0) is 12.9. The van der Waals surface area contributed by atoms with Crippen molar-refractivity contribution in [3.63, 3.8) is 0 Å². The Morgan fingerprint density at radius 2 is 2.06 bits per heavy atom. The van der Waals surface area contributed by atoms with Gasteiger partial charge in [0.25, 0.3) is 0 Å². The Hall–Kier alpha value is -1.14. The highest BCUT2D eigenvalue weighted by atomic mass is 16.5. The number of nitrogens with one attached hydrogen (secondary N) is 1. The predicted octanol–water partition coefficient (Wildman–Crippen LogP) is 0.161. The second-order valence-corrected chi connectivity index (χ2v) is 4.33. The van der Waals surface area contributed by atoms with E-state index in [2.05, 4.69) is 5.32 Å². The number of rotatable bonds is 7. The summed E-state index contributed by atoms with van der Waals surface area (Å²) in [5.74, 6) is -1.41. The van der Waals surface area contributed by atoms with Gasteiger partial charge in [-0.15, -0.1) is 0 Å². The normalized spacial score (nSPS) is 19.2. The van der Waals surface area contributed by atoms with Gasteiger partial charge >= 0.3 is 5.97 Å². The molecule has 1 unspecified atom stereocenters. The molecule has 0 radical (unpaired) electrons. The highest BCUT2D eigenvalue weighted by molar-refractivity contribution is 5.84. The van der Waals surface area contributed by atoms with Crippen molar-refractivity contribution in [3.8, 4) is 0 Å². The maximum absolute atomic E-state index is 11.7. The molecule has 0 aromatic carbocycles. The maximum Gasteiger partial charge on any atom is 0.328 e. The average molecular weight is 245 g/mol. The molecule has 0 aliphatic heterocycles. The second kappa shape index (κ2) is 5.97. The molecule has 0 heterocycles. The fourth-order valence-corrected chi connectivity index (χ4v) is 1.90. The van der Waals surface area contributed by atoms with E-state index in [0.29, 0.717) is 0 Å². The van der Waals surface area contributed by atoms with Crippen LogP contribution in [0.4, 0.5) is 0 Å². The lowest BCUT2D eigenvalue weighted by Crippen LogP contribution is -2.49. The Balaban J connectivity index is 2.44. The van der Waals surface area contributed by atoms with Gasteiger partial charge in [-0.2, -0.15) is 0 Å². The minimum atomic E-state index is -1.10. The molecule has 0 bridgehead atoms. The van der Waals surface area contributed by atoms with E-state index in [1.54, 1.807) is 7.11 Å². The summed E-state index contributed by atoms with van der Waals surface area (Å²) < 4.78 is 10.0. The van der Waals surface area contributed by atoms with Crippen molar-refractivity contribution in [1.82, 2.24) is 5.32 Å². The first-order valence-electron chi connectivity index (χ1n) is 5.59. The van der Waals surface area contributed by atoms with Gasteiger partial charge in [0.2, 0.25) is 5.91 Å². The molecule has 1 saturated carbocycles. The lowest BCUT2D eigenvalue weighted by atomic mass is 9.77. The van der Waals surface area contributed by atoms with Crippen LogP contribution in [-0.2, 0) is 19.1 Å². The summed E-state index contributed by atoms with van der Waals surface area (Å²) in [5, 5.41) is 11.3. The molecule has 1 rings (SSSR count). The van der Waals surface area contributed by atoms with Crippen molar-refractivity contribution in [1.29, 1.82) is 0 Å². The lowest BCUT2D eigenvalue weighted by Gasteiger charge is -2.40. The van der Waals surface area contributed by atoms with Crippen molar-refractivity contribution >= 4 is 11.9 Å². The minimum absolute atomic E-state index is 0.0406. The molecule has 2 N–H and O–H groups in total. The number of carbonyl (C=O) groups is 2. The van der Waals surface area contributed by atoms with Crippen molar-refractivity contribution < 1.29 is 24.2 Å². The van der Waals surface area contributed by atoms with Crippen LogP contribution in [0.2, 0.25) is 0 Å². The molecule has 1 amide bonds. The second-order valence-electron chi connectivity index (χ2n) is 4.33. The quantitative estimate of drug-likeness (QED) is 0.667. The van der Waals surface area contributed by atoms with E-state index < -0.39 is 12.0 Å². The number of carbonyl (C=O) groups excluding carboxylic acids is 1. The van der Waals surface area contributed by atoms with Crippen LogP contribution in [-0.4, -0.2) is 49.5 Å². The first-order valence-corrected chi connectivity index (χ1v) is 5.59. The molecule has 0 aromatic heterocycles. The van der Waals surface area contributed by atoms with E-state index in [0.717, 1.165) is 19.3 Å². The summed E-state index contributed by atoms with van der Waals surface area (Å²) >= 11 is 0. The molecule has 6 nitrogen and oxygen atoms in total. The topological polar surface area (TPSA) is 84.9 Å². The molecule has 0 saturated heterocycles. The summed E-state index contributed by atoms with van der Waals surface area (Å²) in [6, 6.07) is -0.999. The largest absolute Gasteiger partial charge is 0.480 e. The fourth-order valence-electron chi connectivity index (χ4n) is 1.90. The van der Waals surface area contributed by atoms with Crippen LogP contribution >= 0.6 is 0 Å². The van der Waals surface area contributed by atoms with Crippen molar-refractivity contribution in [2.45, 2.75) is 37.3 Å². The van der Waals surface area contributed by atoms with Crippen LogP contribution in [0, 0.1) is 0 Å². The Kier molecular flexibility index (Phi) is 4.89. The van der Waals surface area contributed by atoms with Crippen LogP contribution in [0.3, 0.4) is 0 Å². The standard InChI is InChI=1S/C11H19NO5/c1-16-7-8(10(14)15)12-9(13)6-11(17-2)4-3-5-11/h8H,3-7H2,1-2H3,(H,12,13)(H,14,15). The van der Waals surface area contributed by atoms with E-state index in [1.807, 2.05) is 0 Å². The van der Waals surface area contributed by atoms with Gasteiger partial charge in [-0.1, -0.05) is 0 Å². The predicted molar refractivity (Wildman–Crippen MR) is 59.7 cm³/mol. The molecule has 1 atom stereocenters. The molecule has 1 aliphatic carbocycles. The summed E-state index contributed by atoms with van der Waals surface area (Å²) in [5.41, 5.74) is -0.389. The lowest BCUT2D eigenvalue weighted by molar-refractivity contribution is -0.146. The van der Waals surface area contributed by atoms with E-state index in [-0.39, 0.29) is 24.5 Å². The van der Waals surface area contributed by atoms with Gasteiger partial charge in [-0.3, -0.25) is 4.79 Å². The number of hydrogen-bond donors (Lipinski definition) is 2. The van der Waals surface area contributed by atoms with Crippen LogP contribution in [0.15, 0.2) is 0 Å². The van der Waals surface area contributed by atoms with Crippen LogP contribution < -0.4 is 5.32 Å². The number of hydrogen-bond acceptors (Lipinski definition) is 4. The van der Waals surface area contributed by atoms with Gasteiger partial charge < -0.3 is 19.9 Å². The first kappa shape index (κ1) is 13.9. The number of carboxylic acids is 1. The fraction of sp³-hybridized carbons (Fsp3) is 0.818. The third-order valence-electron chi connectivity index (χ3n) is 3.15. The van der Waals surface area contributed by atoms with Crippen molar-refractivity contribution in [3.05, 3.63) is 0 Å². The van der Waals surface area contributed by atoms with E-state index in [1.165, 1.54) is 7.11 Å². The molecule has 0 spiro atoms. The first-order chi connectivity index (χ1) is 8.03. The van der Waals surface area contributed by atoms with Crippen molar-refractivity contribution in [2.24, 2.45) is 0 Å². The molecular formula is C11H19NO5. The Morgan fingerprint density at radius 1 is 1.41 bits per heavy atom. The van der Waals surface area contributed by atoms with Crippen LogP contribution in [0.5, 0.6) is 0 Å². The number of aliphatic carboxylic acids is 1. The average Bonchev–Trinajstić information content (AvgIpc) is 2.22. The van der Waals surface area contributed by atoms with Crippen LogP contribution in [0.1, 0.15) is 25.7 Å². The molecular weight excluding hydrogens is 226 g/mol. The van der Waals surface area contributed by atoms with Gasteiger partial charge in [0.1, 0.15) is 0 Å². The van der Waals surface area contributed by atoms with Gasteiger partial charge in [0, 0.05) is 14.2 Å². The third kappa shape index (κ3) is 3.67. The molecule has 1 fully saturated rings. The summed E-state index contributed by atoms with van der Waals surface area (Å²) in [6.07, 6.45) is 2.94. The maximum atomic E-state index is 11.7. The minimum Gasteiger partial charge on any atom is -0.480 e. The molecule has 17 heavy (non-hydrogen) atoms. The Bertz CT molecular complexity index is 282. The van der Waals surface area contributed by atoms with Gasteiger partial charge in [-0.25, -0.2) is 4.79 Å². The molecule has 0 aromatic rings. The Labute approximate surface area is 100 Å². The van der Waals surface area contributed by atoms with E-state index >= 15 is 0 Å². The highest BCUT2D eigenvalue weighted by Gasteiger charge is 2.39. The van der Waals surface area contributed by atoms with E-state index in [9.17, 15) is 9.59 Å². The van der Waals surface area contributed by atoms with Crippen molar-refractivity contribution in [2.75, 3.05) is 20.8 Å². The number of amides is 1. The Morgan fingerprint density at radius 3 is 2.41 bits per heavy atom. The molecule has 6 heteroatoms. The number of methoxy groups -OCH3 is 2. The number of ether oxygens (including phenoxy) is 2. The molecule has 1 aliphatic rings. The number of carboxylic acid groups (broad SMARTS) is 1. The smallest absolute Gasteiger partial charge is 0.328 e. The summed E-state index contributed by atoms with van der Waals surface area (Å²) in [7, 11) is 2.97.